The van der Waals surface area contributed by atoms with Crippen LogP contribution in [0.2, 0.25) is 0 Å². The smallest absolute Gasteiger partial charge is 0.251 e. The van der Waals surface area contributed by atoms with Crippen LogP contribution in [0.25, 0.3) is 10.4 Å². The van der Waals surface area contributed by atoms with Crippen LogP contribution in [-0.4, -0.2) is 5.91 Å². The molecule has 2 rings (SSSR count). The van der Waals surface area contributed by atoms with E-state index in [1.54, 1.807) is 43.5 Å². The second-order valence-electron chi connectivity index (χ2n) is 3.95. The SMILES string of the molecule is Cc1cc(C(=O)NCc2ccco2)ccc1N=[N+]=[N-]. The fraction of sp³-hybridized carbons (Fsp3) is 0.154. The van der Waals surface area contributed by atoms with Gasteiger partial charge in [-0.05, 0) is 42.3 Å². The van der Waals surface area contributed by atoms with E-state index in [4.69, 9.17) is 9.95 Å². The number of carbonyl (C=O) groups excluding carboxylic acids is 1. The summed E-state index contributed by atoms with van der Waals surface area (Å²) < 4.78 is 5.12. The lowest BCUT2D eigenvalue weighted by Crippen LogP contribution is -2.22. The summed E-state index contributed by atoms with van der Waals surface area (Å²) >= 11 is 0. The van der Waals surface area contributed by atoms with Crippen molar-refractivity contribution in [2.75, 3.05) is 0 Å². The van der Waals surface area contributed by atoms with Crippen molar-refractivity contribution in [3.05, 3.63) is 63.9 Å². The van der Waals surface area contributed by atoms with Crippen molar-refractivity contribution in [2.24, 2.45) is 5.11 Å². The first kappa shape index (κ1) is 12.7. The molecular weight excluding hydrogens is 244 g/mol. The Bertz CT molecular complexity index is 628. The zero-order valence-electron chi connectivity index (χ0n) is 10.3. The molecule has 6 heteroatoms. The van der Waals surface area contributed by atoms with Gasteiger partial charge < -0.3 is 9.73 Å². The number of azide groups is 1. The maximum atomic E-state index is 11.9. The van der Waals surface area contributed by atoms with E-state index in [-0.39, 0.29) is 5.91 Å². The maximum absolute atomic E-state index is 11.9. The number of rotatable bonds is 4. The summed E-state index contributed by atoms with van der Waals surface area (Å²) in [6.45, 7) is 2.12. The van der Waals surface area contributed by atoms with E-state index in [9.17, 15) is 4.79 Å². The molecule has 0 saturated carbocycles. The third-order valence-electron chi connectivity index (χ3n) is 2.61. The van der Waals surface area contributed by atoms with Gasteiger partial charge in [0.2, 0.25) is 0 Å². The third-order valence-corrected chi connectivity index (χ3v) is 2.61. The molecule has 2 aromatic rings. The van der Waals surface area contributed by atoms with Crippen LogP contribution >= 0.6 is 0 Å². The Balaban J connectivity index is 2.07. The van der Waals surface area contributed by atoms with Gasteiger partial charge in [0, 0.05) is 16.2 Å². The van der Waals surface area contributed by atoms with Crippen molar-refractivity contribution in [3.63, 3.8) is 0 Å². The van der Waals surface area contributed by atoms with Crippen LogP contribution in [0.4, 0.5) is 5.69 Å². The molecule has 0 fully saturated rings. The fourth-order valence-electron chi connectivity index (χ4n) is 1.64. The highest BCUT2D eigenvalue weighted by Crippen LogP contribution is 2.19. The Morgan fingerprint density at radius 3 is 2.95 bits per heavy atom. The zero-order valence-corrected chi connectivity index (χ0v) is 10.3. The molecule has 1 heterocycles. The number of nitrogens with zero attached hydrogens (tertiary/aromatic N) is 3. The average molecular weight is 256 g/mol. The first-order chi connectivity index (χ1) is 9.20. The molecule has 0 spiro atoms. The van der Waals surface area contributed by atoms with Gasteiger partial charge in [-0.3, -0.25) is 4.79 Å². The van der Waals surface area contributed by atoms with E-state index in [1.807, 2.05) is 0 Å². The van der Waals surface area contributed by atoms with E-state index >= 15 is 0 Å². The van der Waals surface area contributed by atoms with E-state index in [0.717, 1.165) is 5.56 Å². The Morgan fingerprint density at radius 1 is 1.47 bits per heavy atom. The summed E-state index contributed by atoms with van der Waals surface area (Å²) in [4.78, 5) is 14.6. The molecule has 1 N–H and O–H groups in total. The monoisotopic (exact) mass is 256 g/mol. The number of benzene rings is 1. The van der Waals surface area contributed by atoms with E-state index in [1.165, 1.54) is 0 Å². The molecular formula is C13H12N4O2. The number of aryl methyl sites for hydroxylation is 1. The van der Waals surface area contributed by atoms with Crippen molar-refractivity contribution >= 4 is 11.6 Å². The molecule has 1 aromatic heterocycles. The highest BCUT2D eigenvalue weighted by Gasteiger charge is 2.07. The molecule has 0 bridgehead atoms. The van der Waals surface area contributed by atoms with Gasteiger partial charge in [-0.15, -0.1) is 0 Å². The predicted molar refractivity (Wildman–Crippen MR) is 69.9 cm³/mol. The van der Waals surface area contributed by atoms with Crippen LogP contribution in [0.3, 0.4) is 0 Å². The molecule has 0 radical (unpaired) electrons. The Labute approximate surface area is 109 Å². The molecule has 1 amide bonds. The van der Waals surface area contributed by atoms with Gasteiger partial charge in [0.05, 0.1) is 12.8 Å². The first-order valence-corrected chi connectivity index (χ1v) is 5.67. The van der Waals surface area contributed by atoms with Crippen LogP contribution in [0.5, 0.6) is 0 Å². The number of furan rings is 1. The third kappa shape index (κ3) is 3.14. The van der Waals surface area contributed by atoms with Gasteiger partial charge >= 0.3 is 0 Å². The lowest BCUT2D eigenvalue weighted by Gasteiger charge is -2.05. The van der Waals surface area contributed by atoms with E-state index < -0.39 is 0 Å². The Morgan fingerprint density at radius 2 is 2.32 bits per heavy atom. The van der Waals surface area contributed by atoms with Crippen molar-refractivity contribution < 1.29 is 9.21 Å². The van der Waals surface area contributed by atoms with Crippen LogP contribution in [0.1, 0.15) is 21.7 Å². The van der Waals surface area contributed by atoms with Crippen molar-refractivity contribution in [2.45, 2.75) is 13.5 Å². The van der Waals surface area contributed by atoms with E-state index in [2.05, 4.69) is 15.3 Å². The minimum absolute atomic E-state index is 0.202. The van der Waals surface area contributed by atoms with Crippen LogP contribution < -0.4 is 5.32 Å². The van der Waals surface area contributed by atoms with Gasteiger partial charge in [-0.2, -0.15) is 0 Å². The zero-order chi connectivity index (χ0) is 13.7. The molecule has 0 aliphatic rings. The topological polar surface area (TPSA) is 91.0 Å². The van der Waals surface area contributed by atoms with Gasteiger partial charge in [-0.1, -0.05) is 11.2 Å². The summed E-state index contributed by atoms with van der Waals surface area (Å²) in [5.41, 5.74) is 10.2. The van der Waals surface area contributed by atoms with Crippen molar-refractivity contribution in [3.8, 4) is 0 Å². The summed E-state index contributed by atoms with van der Waals surface area (Å²) in [5, 5.41) is 6.27. The number of hydrogen-bond acceptors (Lipinski definition) is 3. The number of nitrogens with one attached hydrogen (secondary N) is 1. The van der Waals surface area contributed by atoms with Crippen molar-refractivity contribution in [1.82, 2.24) is 5.32 Å². The minimum atomic E-state index is -0.202. The second-order valence-corrected chi connectivity index (χ2v) is 3.95. The quantitative estimate of drug-likeness (QED) is 0.515. The molecule has 0 saturated heterocycles. The first-order valence-electron chi connectivity index (χ1n) is 5.67. The van der Waals surface area contributed by atoms with Gasteiger partial charge in [0.1, 0.15) is 5.76 Å². The molecule has 0 aliphatic heterocycles. The molecule has 0 unspecified atom stereocenters. The maximum Gasteiger partial charge on any atom is 0.251 e. The molecule has 1 aromatic carbocycles. The van der Waals surface area contributed by atoms with Crippen molar-refractivity contribution in [1.29, 1.82) is 0 Å². The van der Waals surface area contributed by atoms with E-state index in [0.29, 0.717) is 23.6 Å². The van der Waals surface area contributed by atoms with Gasteiger partial charge in [0.15, 0.2) is 0 Å². The highest BCUT2D eigenvalue weighted by atomic mass is 16.3. The van der Waals surface area contributed by atoms with Crippen LogP contribution in [-0.2, 0) is 6.54 Å². The molecule has 0 atom stereocenters. The summed E-state index contributed by atoms with van der Waals surface area (Å²) in [6.07, 6.45) is 1.56. The Kier molecular flexibility index (Phi) is 3.85. The molecule has 19 heavy (non-hydrogen) atoms. The normalized spacial score (nSPS) is 9.74. The number of amides is 1. The van der Waals surface area contributed by atoms with Gasteiger partial charge in [-0.25, -0.2) is 0 Å². The second kappa shape index (κ2) is 5.75. The van der Waals surface area contributed by atoms with Crippen LogP contribution in [0, 0.1) is 6.92 Å². The minimum Gasteiger partial charge on any atom is -0.467 e. The lowest BCUT2D eigenvalue weighted by molar-refractivity contribution is 0.0948. The fourth-order valence-corrected chi connectivity index (χ4v) is 1.64. The lowest BCUT2D eigenvalue weighted by atomic mass is 10.1. The standard InChI is InChI=1S/C13H12N4O2/c1-9-7-10(4-5-12(9)16-17-14)13(18)15-8-11-3-2-6-19-11/h2-7H,8H2,1H3,(H,15,18). The van der Waals surface area contributed by atoms with Crippen LogP contribution in [0.15, 0.2) is 46.1 Å². The molecule has 0 aliphatic carbocycles. The largest absolute Gasteiger partial charge is 0.467 e. The predicted octanol–water partition coefficient (Wildman–Crippen LogP) is 3.46. The summed E-state index contributed by atoms with van der Waals surface area (Å²) in [5.74, 6) is 0.489. The summed E-state index contributed by atoms with van der Waals surface area (Å²) in [7, 11) is 0. The highest BCUT2D eigenvalue weighted by molar-refractivity contribution is 5.94. The Hall–Kier alpha value is -2.72. The average Bonchev–Trinajstić information content (AvgIpc) is 2.91. The molecule has 96 valence electrons. The number of hydrogen-bond donors (Lipinski definition) is 1. The number of carbonyl (C=O) groups is 1. The summed E-state index contributed by atoms with van der Waals surface area (Å²) in [6, 6.07) is 8.48. The van der Waals surface area contributed by atoms with Gasteiger partial charge in [0.25, 0.3) is 5.91 Å². The molecule has 6 nitrogen and oxygen atoms in total.